The number of ether oxygens (including phenoxy) is 1. The molecule has 1 atom stereocenters. The Morgan fingerprint density at radius 2 is 2.03 bits per heavy atom. The summed E-state index contributed by atoms with van der Waals surface area (Å²) < 4.78 is 4.88. The summed E-state index contributed by atoms with van der Waals surface area (Å²) in [5, 5.41) is 19.2. The third-order valence-corrected chi connectivity index (χ3v) is 4.86. The van der Waals surface area contributed by atoms with Crippen LogP contribution in [0.4, 0.5) is 16.2 Å². The molecule has 1 aliphatic rings. The Balaban J connectivity index is 1.95. The normalized spacial score (nSPS) is 15.8. The fraction of sp³-hybridized carbons (Fsp3) is 0.227. The minimum atomic E-state index is -1.64. The van der Waals surface area contributed by atoms with Gasteiger partial charge in [0.05, 0.1) is 12.8 Å². The number of hydrogen-bond donors (Lipinski definition) is 3. The number of anilines is 2. The number of nitrogens with one attached hydrogen (secondary N) is 2. The van der Waals surface area contributed by atoms with Crippen molar-refractivity contribution >= 4 is 40.6 Å². The topological polar surface area (TPSA) is 92.8 Å². The van der Waals surface area contributed by atoms with Crippen LogP contribution in [0.15, 0.2) is 60.8 Å². The number of allylic oxidation sites excluding steroid dienone is 1. The molecule has 0 aliphatic carbocycles. The standard InChI is InChI=1S/C22H22ClN3O4/c1-3-30-21(28)24-17-7-4-6-15(14-17)22(2,29)20-19(27)8-5-13-26(25-20)18-11-9-16(23)10-12-18/h4-7,9-14,29H,3,8H2,1-2H3,(H,24,28)/p+1. The maximum Gasteiger partial charge on any atom is 0.411 e. The van der Waals surface area contributed by atoms with E-state index in [9.17, 15) is 14.7 Å². The summed E-state index contributed by atoms with van der Waals surface area (Å²) in [6, 6.07) is 13.7. The Morgan fingerprint density at radius 1 is 1.30 bits per heavy atom. The van der Waals surface area contributed by atoms with Gasteiger partial charge < -0.3 is 9.84 Å². The quantitative estimate of drug-likeness (QED) is 0.680. The summed E-state index contributed by atoms with van der Waals surface area (Å²) in [6.07, 6.45) is 2.97. The first-order chi connectivity index (χ1) is 14.3. The maximum absolute atomic E-state index is 12.8. The van der Waals surface area contributed by atoms with Gasteiger partial charge in [-0.3, -0.25) is 10.1 Å². The number of ketones is 1. The zero-order chi connectivity index (χ0) is 21.7. The Bertz CT molecular complexity index is 1000. The molecule has 30 heavy (non-hydrogen) atoms. The molecular formula is C22H23ClN3O4+. The molecule has 1 unspecified atom stereocenters. The Labute approximate surface area is 179 Å². The number of hydrazone groups is 1. The number of benzene rings is 2. The Hall–Kier alpha value is -3.16. The number of rotatable bonds is 5. The Kier molecular flexibility index (Phi) is 6.54. The van der Waals surface area contributed by atoms with Gasteiger partial charge in [0.15, 0.2) is 5.60 Å². The predicted molar refractivity (Wildman–Crippen MR) is 115 cm³/mol. The molecule has 0 saturated carbocycles. The average Bonchev–Trinajstić information content (AvgIpc) is 2.91. The van der Waals surface area contributed by atoms with E-state index >= 15 is 0 Å². The molecule has 0 aromatic heterocycles. The molecule has 1 amide bonds. The lowest BCUT2D eigenvalue weighted by Gasteiger charge is -2.22. The van der Waals surface area contributed by atoms with Crippen LogP contribution in [-0.2, 0) is 15.1 Å². The third kappa shape index (κ3) is 4.87. The van der Waals surface area contributed by atoms with Crippen LogP contribution in [-0.4, -0.2) is 29.3 Å². The van der Waals surface area contributed by atoms with E-state index in [0.717, 1.165) is 5.69 Å². The second-order valence-electron chi connectivity index (χ2n) is 6.84. The molecule has 2 aromatic rings. The number of halogens is 1. The van der Waals surface area contributed by atoms with Crippen molar-refractivity contribution in [3.63, 3.8) is 0 Å². The number of carbonyl (C=O) groups excluding carboxylic acids is 2. The molecule has 8 heteroatoms. The minimum absolute atomic E-state index is 0.107. The number of nitrogens with zero attached hydrogens (tertiary/aromatic N) is 1. The van der Waals surface area contributed by atoms with Gasteiger partial charge in [-0.25, -0.2) is 4.79 Å². The second-order valence-corrected chi connectivity index (χ2v) is 7.28. The van der Waals surface area contributed by atoms with Crippen molar-refractivity contribution in [2.24, 2.45) is 0 Å². The largest absolute Gasteiger partial charge is 0.450 e. The molecular weight excluding hydrogens is 406 g/mol. The second kappa shape index (κ2) is 9.11. The van der Waals surface area contributed by atoms with Crippen LogP contribution >= 0.6 is 11.6 Å². The number of hydrazine groups is 1. The smallest absolute Gasteiger partial charge is 0.411 e. The highest BCUT2D eigenvalue weighted by atomic mass is 35.5. The lowest BCUT2D eigenvalue weighted by molar-refractivity contribution is -0.466. The van der Waals surface area contributed by atoms with Crippen molar-refractivity contribution in [1.82, 2.24) is 0 Å². The summed E-state index contributed by atoms with van der Waals surface area (Å²) in [4.78, 5) is 24.5. The maximum atomic E-state index is 12.8. The number of hydrogen-bond acceptors (Lipinski definition) is 5. The van der Waals surface area contributed by atoms with Crippen LogP contribution in [0.3, 0.4) is 0 Å². The number of Topliss-reactive ketones (excluding diaryl/α,β-unsaturated/α-hetero) is 1. The number of amides is 1. The van der Waals surface area contributed by atoms with Gasteiger partial charge in [-0.1, -0.05) is 29.8 Å². The predicted octanol–water partition coefficient (Wildman–Crippen LogP) is 2.55. The van der Waals surface area contributed by atoms with Crippen molar-refractivity contribution in [3.05, 3.63) is 71.4 Å². The Morgan fingerprint density at radius 3 is 2.73 bits per heavy atom. The zero-order valence-corrected chi connectivity index (χ0v) is 17.4. The van der Waals surface area contributed by atoms with Gasteiger partial charge in [0.25, 0.3) is 5.71 Å². The zero-order valence-electron chi connectivity index (χ0n) is 16.7. The average molecular weight is 429 g/mol. The van der Waals surface area contributed by atoms with E-state index in [1.54, 1.807) is 72.7 Å². The SMILES string of the molecule is CCOC(=O)Nc1cccc(C(C)(O)C2=[NH+]N(c3ccc(Cl)cc3)C=CCC2=O)c1. The molecule has 0 fully saturated rings. The fourth-order valence-electron chi connectivity index (χ4n) is 3.05. The van der Waals surface area contributed by atoms with Gasteiger partial charge in [-0.05, 0) is 55.8 Å². The molecule has 0 radical (unpaired) electrons. The van der Waals surface area contributed by atoms with Crippen molar-refractivity contribution in [2.75, 3.05) is 16.9 Å². The molecule has 3 N–H and O–H groups in total. The summed E-state index contributed by atoms with van der Waals surface area (Å²) in [6.45, 7) is 3.48. The van der Waals surface area contributed by atoms with Gasteiger partial charge in [0.2, 0.25) is 5.78 Å². The molecule has 156 valence electrons. The minimum Gasteiger partial charge on any atom is -0.450 e. The highest BCUT2D eigenvalue weighted by molar-refractivity contribution is 6.40. The van der Waals surface area contributed by atoms with E-state index in [2.05, 4.69) is 10.4 Å². The van der Waals surface area contributed by atoms with E-state index in [4.69, 9.17) is 16.3 Å². The van der Waals surface area contributed by atoms with E-state index in [0.29, 0.717) is 16.3 Å². The van der Waals surface area contributed by atoms with Crippen molar-refractivity contribution < 1.29 is 24.5 Å². The summed E-state index contributed by atoms with van der Waals surface area (Å²) in [5.74, 6) is -0.253. The van der Waals surface area contributed by atoms with Crippen LogP contribution in [0.1, 0.15) is 25.8 Å². The van der Waals surface area contributed by atoms with Gasteiger partial charge in [0.1, 0.15) is 5.69 Å². The first-order valence-corrected chi connectivity index (χ1v) is 9.84. The lowest BCUT2D eigenvalue weighted by atomic mass is 9.87. The molecule has 7 nitrogen and oxygen atoms in total. The molecule has 1 heterocycles. The van der Waals surface area contributed by atoms with Crippen molar-refractivity contribution in [2.45, 2.75) is 25.9 Å². The van der Waals surface area contributed by atoms with Crippen LogP contribution < -0.4 is 15.4 Å². The monoisotopic (exact) mass is 428 g/mol. The van der Waals surface area contributed by atoms with Crippen LogP contribution in [0, 0.1) is 0 Å². The molecule has 1 aliphatic heterocycles. The first-order valence-electron chi connectivity index (χ1n) is 9.46. The highest BCUT2D eigenvalue weighted by Gasteiger charge is 2.41. The van der Waals surface area contributed by atoms with E-state index in [-0.39, 0.29) is 24.5 Å². The summed E-state index contributed by atoms with van der Waals surface area (Å²) in [7, 11) is 0. The first kappa shape index (κ1) is 21.5. The number of carbonyl (C=O) groups is 2. The molecule has 0 saturated heterocycles. The van der Waals surface area contributed by atoms with Crippen LogP contribution in [0.25, 0.3) is 0 Å². The molecule has 0 spiro atoms. The fourth-order valence-corrected chi connectivity index (χ4v) is 3.18. The molecule has 3 rings (SSSR count). The van der Waals surface area contributed by atoms with E-state index in [1.807, 2.05) is 0 Å². The van der Waals surface area contributed by atoms with Crippen LogP contribution in [0.5, 0.6) is 0 Å². The van der Waals surface area contributed by atoms with E-state index < -0.39 is 11.7 Å². The van der Waals surface area contributed by atoms with Gasteiger partial charge in [0, 0.05) is 17.1 Å². The van der Waals surface area contributed by atoms with Crippen LogP contribution in [0.2, 0.25) is 5.02 Å². The highest BCUT2D eigenvalue weighted by Crippen LogP contribution is 2.25. The van der Waals surface area contributed by atoms with Crippen molar-refractivity contribution in [3.8, 4) is 0 Å². The third-order valence-electron chi connectivity index (χ3n) is 4.61. The number of aliphatic hydroxyl groups is 1. The lowest BCUT2D eigenvalue weighted by Crippen LogP contribution is -2.86. The molecule has 0 bridgehead atoms. The van der Waals surface area contributed by atoms with E-state index in [1.165, 1.54) is 6.92 Å². The summed E-state index contributed by atoms with van der Waals surface area (Å²) >= 11 is 5.96. The van der Waals surface area contributed by atoms with Crippen molar-refractivity contribution in [1.29, 1.82) is 0 Å². The summed E-state index contributed by atoms with van der Waals surface area (Å²) in [5.41, 5.74) is 0.0958. The van der Waals surface area contributed by atoms with Gasteiger partial charge >= 0.3 is 6.09 Å². The molecule has 2 aromatic carbocycles. The van der Waals surface area contributed by atoms with Gasteiger partial charge in [-0.2, -0.15) is 0 Å². The van der Waals surface area contributed by atoms with Gasteiger partial charge in [-0.15, -0.1) is 10.1 Å².